The highest BCUT2D eigenvalue weighted by atomic mass is 16.7. The van der Waals surface area contributed by atoms with E-state index in [9.17, 15) is 14.7 Å². The van der Waals surface area contributed by atoms with E-state index < -0.39 is 30.4 Å². The van der Waals surface area contributed by atoms with Crippen LogP contribution in [0.3, 0.4) is 0 Å². The van der Waals surface area contributed by atoms with Gasteiger partial charge in [0.2, 0.25) is 0 Å². The Hall–Kier alpha value is -4.08. The Bertz CT molecular complexity index is 1490. The first-order chi connectivity index (χ1) is 19.4. The molecule has 1 fully saturated rings. The molecule has 2 aliphatic rings. The van der Waals surface area contributed by atoms with Gasteiger partial charge in [-0.3, -0.25) is 0 Å². The summed E-state index contributed by atoms with van der Waals surface area (Å²) in [6.45, 7) is 9.78. The number of hydrogen-bond acceptors (Lipinski definition) is 6. The van der Waals surface area contributed by atoms with Crippen molar-refractivity contribution in [1.82, 2.24) is 5.32 Å². The van der Waals surface area contributed by atoms with Gasteiger partial charge < -0.3 is 30.2 Å². The third-order valence-electron chi connectivity index (χ3n) is 8.26. The molecule has 8 nitrogen and oxygen atoms in total. The van der Waals surface area contributed by atoms with E-state index in [1.54, 1.807) is 19.1 Å². The molecule has 0 spiro atoms. The van der Waals surface area contributed by atoms with Crippen molar-refractivity contribution in [2.75, 3.05) is 18.9 Å². The number of nitrogens with two attached hydrogens (primary N) is 1. The van der Waals surface area contributed by atoms with Crippen LogP contribution in [-0.2, 0) is 14.0 Å². The molecule has 0 atom stereocenters. The topological polar surface area (TPSA) is 120 Å². The van der Waals surface area contributed by atoms with E-state index in [-0.39, 0.29) is 30.3 Å². The maximum absolute atomic E-state index is 13.0. The summed E-state index contributed by atoms with van der Waals surface area (Å²) in [6.07, 6.45) is 1.14. The molecule has 1 amide bonds. The Kier molecular flexibility index (Phi) is 7.44. The predicted octanol–water partition coefficient (Wildman–Crippen LogP) is 5.83. The molecule has 1 saturated heterocycles. The van der Waals surface area contributed by atoms with Crippen LogP contribution >= 0.6 is 0 Å². The number of hydrogen-bond donors (Lipinski definition) is 3. The molecule has 1 heterocycles. The number of rotatable bonds is 7. The number of nitrogens with one attached hydrogen (secondary N) is 1. The smallest absolute Gasteiger partial charge is 0.478 e. The van der Waals surface area contributed by atoms with E-state index in [1.807, 2.05) is 52.0 Å². The van der Waals surface area contributed by atoms with Gasteiger partial charge in [0.25, 0.3) is 0 Å². The van der Waals surface area contributed by atoms with E-state index >= 15 is 0 Å². The lowest BCUT2D eigenvalue weighted by atomic mass is 9.76. The van der Waals surface area contributed by atoms with Gasteiger partial charge >= 0.3 is 19.2 Å². The summed E-state index contributed by atoms with van der Waals surface area (Å²) in [5, 5.41) is 12.5. The number of nitrogen functional groups attached to an aromatic ring is 1. The number of aryl methyl sites for hydroxylation is 1. The number of carbonyl (C=O) groups excluding carboxylic acids is 1. The Balaban J connectivity index is 1.36. The third-order valence-corrected chi connectivity index (χ3v) is 8.26. The normalized spacial score (nSPS) is 17.2. The fourth-order valence-corrected chi connectivity index (χ4v) is 5.34. The number of carbonyl (C=O) groups is 2. The first-order valence-corrected chi connectivity index (χ1v) is 13.7. The number of anilines is 1. The summed E-state index contributed by atoms with van der Waals surface area (Å²) < 4.78 is 18.2. The van der Waals surface area contributed by atoms with Crippen LogP contribution in [0.4, 0.5) is 10.5 Å². The Morgan fingerprint density at radius 1 is 1.00 bits per heavy atom. The van der Waals surface area contributed by atoms with Crippen LogP contribution in [0.25, 0.3) is 17.2 Å². The Morgan fingerprint density at radius 2 is 1.56 bits per heavy atom. The minimum atomic E-state index is -1.12. The monoisotopic (exact) mass is 554 g/mol. The van der Waals surface area contributed by atoms with Crippen molar-refractivity contribution in [3.63, 3.8) is 0 Å². The van der Waals surface area contributed by atoms with Crippen molar-refractivity contribution in [3.05, 3.63) is 94.0 Å². The maximum Gasteiger partial charge on any atom is 0.492 e. The zero-order valence-corrected chi connectivity index (χ0v) is 24.0. The molecule has 9 heteroatoms. The standard InChI is InChI=1S/C32H35BN2O6/c1-19-14-20(28(34)26(15-19)29(36)37)16-21(33-40-31(2,3)32(4,5)41-33)17-35-30(38)39-18-27-24-12-8-6-10-22(24)23-11-7-9-13-25(23)27/h6-16,27H,17-18,34H2,1-5H3,(H,35,38)(H,36,37). The molecule has 0 unspecified atom stereocenters. The molecule has 5 rings (SSSR count). The van der Waals surface area contributed by atoms with Crippen LogP contribution in [0.5, 0.6) is 0 Å². The Labute approximate surface area is 240 Å². The van der Waals surface area contributed by atoms with Gasteiger partial charge in [-0.25, -0.2) is 9.59 Å². The van der Waals surface area contributed by atoms with Gasteiger partial charge in [-0.1, -0.05) is 54.6 Å². The molecule has 41 heavy (non-hydrogen) atoms. The number of amides is 1. The molecular weight excluding hydrogens is 519 g/mol. The highest BCUT2D eigenvalue weighted by molar-refractivity contribution is 6.56. The van der Waals surface area contributed by atoms with Crippen LogP contribution in [-0.4, -0.2) is 48.6 Å². The van der Waals surface area contributed by atoms with Crippen LogP contribution in [0.1, 0.15) is 66.2 Å². The number of fused-ring (bicyclic) bond motifs is 3. The number of carboxylic acid groups (broad SMARTS) is 1. The molecule has 0 saturated carbocycles. The lowest BCUT2D eigenvalue weighted by molar-refractivity contribution is 0.00578. The van der Waals surface area contributed by atoms with E-state index in [2.05, 4.69) is 29.6 Å². The largest absolute Gasteiger partial charge is 0.492 e. The van der Waals surface area contributed by atoms with Crippen LogP contribution in [0.2, 0.25) is 0 Å². The molecule has 1 aliphatic carbocycles. The summed E-state index contributed by atoms with van der Waals surface area (Å²) >= 11 is 0. The second-order valence-corrected chi connectivity index (χ2v) is 11.6. The van der Waals surface area contributed by atoms with Gasteiger partial charge in [0, 0.05) is 12.5 Å². The van der Waals surface area contributed by atoms with Gasteiger partial charge in [-0.05, 0) is 85.6 Å². The molecule has 212 valence electrons. The number of ether oxygens (including phenoxy) is 1. The third kappa shape index (κ3) is 5.47. The maximum atomic E-state index is 13.0. The van der Waals surface area contributed by atoms with Gasteiger partial charge in [-0.2, -0.15) is 0 Å². The van der Waals surface area contributed by atoms with E-state index in [0.29, 0.717) is 11.0 Å². The summed E-state index contributed by atoms with van der Waals surface area (Å²) in [4.78, 5) is 24.7. The zero-order valence-electron chi connectivity index (χ0n) is 24.0. The molecular formula is C32H35BN2O6. The van der Waals surface area contributed by atoms with Gasteiger partial charge in [0.15, 0.2) is 0 Å². The van der Waals surface area contributed by atoms with E-state index in [4.69, 9.17) is 19.8 Å². The fraction of sp³-hybridized carbons (Fsp3) is 0.312. The summed E-state index contributed by atoms with van der Waals surface area (Å²) in [6, 6.07) is 19.6. The first kappa shape index (κ1) is 28.5. The van der Waals surface area contributed by atoms with Crippen molar-refractivity contribution >= 4 is 30.9 Å². The minimum Gasteiger partial charge on any atom is -0.478 e. The average Bonchev–Trinajstić information content (AvgIpc) is 3.35. The van der Waals surface area contributed by atoms with Crippen LogP contribution < -0.4 is 11.1 Å². The SMILES string of the molecule is Cc1cc(C=C(CNC(=O)OCC2c3ccccc3-c3ccccc32)B2OC(C)(C)C(C)(C)O2)c(N)c(C(=O)O)c1. The zero-order chi connectivity index (χ0) is 29.5. The van der Waals surface area contributed by atoms with Crippen molar-refractivity contribution in [2.45, 2.75) is 51.7 Å². The predicted molar refractivity (Wildman–Crippen MR) is 160 cm³/mol. The van der Waals surface area contributed by atoms with Crippen LogP contribution in [0.15, 0.2) is 66.1 Å². The molecule has 1 aliphatic heterocycles. The lowest BCUT2D eigenvalue weighted by Crippen LogP contribution is -2.41. The molecule has 0 aromatic heterocycles. The van der Waals surface area contributed by atoms with Gasteiger partial charge in [0.05, 0.1) is 22.5 Å². The molecule has 3 aromatic carbocycles. The number of carboxylic acids is 1. The summed E-state index contributed by atoms with van der Waals surface area (Å²) in [5.74, 6) is -1.18. The minimum absolute atomic E-state index is 0.00835. The Morgan fingerprint density at radius 3 is 2.12 bits per heavy atom. The van der Waals surface area contributed by atoms with Crippen molar-refractivity contribution in [1.29, 1.82) is 0 Å². The first-order valence-electron chi connectivity index (χ1n) is 13.7. The average molecular weight is 554 g/mol. The van der Waals surface area contributed by atoms with Crippen molar-refractivity contribution < 1.29 is 28.7 Å². The van der Waals surface area contributed by atoms with E-state index in [0.717, 1.165) is 27.8 Å². The summed E-state index contributed by atoms with van der Waals surface area (Å²) in [5.41, 5.74) is 11.5. The van der Waals surface area contributed by atoms with Crippen LogP contribution in [0, 0.1) is 6.92 Å². The van der Waals surface area contributed by atoms with Crippen molar-refractivity contribution in [3.8, 4) is 11.1 Å². The summed E-state index contributed by atoms with van der Waals surface area (Å²) in [7, 11) is -0.790. The second-order valence-electron chi connectivity index (χ2n) is 11.6. The number of alkyl carbamates (subject to hydrolysis) is 1. The molecule has 0 bridgehead atoms. The number of benzene rings is 3. The molecule has 3 aromatic rings. The number of aromatic carboxylic acids is 1. The van der Waals surface area contributed by atoms with Gasteiger partial charge in [0.1, 0.15) is 6.61 Å². The fourth-order valence-electron chi connectivity index (χ4n) is 5.34. The molecule has 0 radical (unpaired) electrons. The second kappa shape index (κ2) is 10.7. The quantitative estimate of drug-likeness (QED) is 0.248. The lowest BCUT2D eigenvalue weighted by Gasteiger charge is -2.32. The van der Waals surface area contributed by atoms with Crippen molar-refractivity contribution in [2.24, 2.45) is 0 Å². The van der Waals surface area contributed by atoms with Gasteiger partial charge in [-0.15, -0.1) is 0 Å². The highest BCUT2D eigenvalue weighted by Gasteiger charge is 2.52. The van der Waals surface area contributed by atoms with E-state index in [1.165, 1.54) is 6.07 Å². The highest BCUT2D eigenvalue weighted by Crippen LogP contribution is 2.44. The molecule has 4 N–H and O–H groups in total.